The zero-order valence-corrected chi connectivity index (χ0v) is 12.4. The second kappa shape index (κ2) is 8.38. The van der Waals surface area contributed by atoms with Crippen LogP contribution in [0.4, 0.5) is 4.79 Å². The van der Waals surface area contributed by atoms with Gasteiger partial charge in [-0.15, -0.1) is 0 Å². The quantitative estimate of drug-likeness (QED) is 0.842. The van der Waals surface area contributed by atoms with E-state index < -0.39 is 18.1 Å². The lowest BCUT2D eigenvalue weighted by Gasteiger charge is -2.25. The Morgan fingerprint density at radius 2 is 2.09 bits per heavy atom. The Balaban J connectivity index is 1.79. The molecule has 2 N–H and O–H groups in total. The number of aliphatic carboxylic acids is 1. The largest absolute Gasteiger partial charge is 0.480 e. The van der Waals surface area contributed by atoms with Crippen LogP contribution in [0.25, 0.3) is 0 Å². The maximum Gasteiger partial charge on any atom is 0.408 e. The van der Waals surface area contributed by atoms with Gasteiger partial charge in [0.25, 0.3) is 0 Å². The predicted octanol–water partition coefficient (Wildman–Crippen LogP) is 2.33. The Morgan fingerprint density at radius 1 is 1.32 bits per heavy atom. The summed E-state index contributed by atoms with van der Waals surface area (Å²) in [6.45, 7) is 0.758. The van der Waals surface area contributed by atoms with Crippen LogP contribution >= 0.6 is 0 Å². The van der Waals surface area contributed by atoms with Gasteiger partial charge in [0.15, 0.2) is 0 Å². The second-order valence-corrected chi connectivity index (χ2v) is 5.32. The molecule has 6 heteroatoms. The first-order valence-corrected chi connectivity index (χ1v) is 7.47. The molecule has 1 aromatic rings. The first kappa shape index (κ1) is 16.3. The molecule has 2 atom stereocenters. The second-order valence-electron chi connectivity index (χ2n) is 5.32. The molecule has 2 rings (SSSR count). The first-order chi connectivity index (χ1) is 10.6. The maximum absolute atomic E-state index is 11.7. The van der Waals surface area contributed by atoms with E-state index in [2.05, 4.69) is 5.32 Å². The van der Waals surface area contributed by atoms with Crippen molar-refractivity contribution in [1.82, 2.24) is 5.32 Å². The van der Waals surface area contributed by atoms with Crippen molar-refractivity contribution in [3.8, 4) is 0 Å². The number of hydrogen-bond acceptors (Lipinski definition) is 4. The number of amides is 1. The minimum Gasteiger partial charge on any atom is -0.480 e. The zero-order chi connectivity index (χ0) is 15.8. The van der Waals surface area contributed by atoms with Gasteiger partial charge in [0.05, 0.1) is 6.10 Å². The van der Waals surface area contributed by atoms with Crippen molar-refractivity contribution >= 4 is 12.1 Å². The van der Waals surface area contributed by atoms with E-state index in [4.69, 9.17) is 9.47 Å². The highest BCUT2D eigenvalue weighted by atomic mass is 16.5. The summed E-state index contributed by atoms with van der Waals surface area (Å²) >= 11 is 0. The van der Waals surface area contributed by atoms with Crippen molar-refractivity contribution in [3.63, 3.8) is 0 Å². The molecular formula is C16H21NO5. The normalized spacial score (nSPS) is 19.2. The molecule has 1 aromatic carbocycles. The molecule has 0 spiro atoms. The molecule has 1 fully saturated rings. The van der Waals surface area contributed by atoms with Crippen LogP contribution in [0.15, 0.2) is 30.3 Å². The van der Waals surface area contributed by atoms with Crippen molar-refractivity contribution in [1.29, 1.82) is 0 Å². The van der Waals surface area contributed by atoms with E-state index in [0.717, 1.165) is 24.8 Å². The molecule has 2 unspecified atom stereocenters. The van der Waals surface area contributed by atoms with E-state index in [-0.39, 0.29) is 19.1 Å². The number of carbonyl (C=O) groups excluding carboxylic acids is 1. The molecule has 6 nitrogen and oxygen atoms in total. The summed E-state index contributed by atoms with van der Waals surface area (Å²) in [6, 6.07) is 8.23. The number of nitrogens with one attached hydrogen (secondary N) is 1. The number of rotatable bonds is 6. The van der Waals surface area contributed by atoms with E-state index in [9.17, 15) is 14.7 Å². The summed E-state index contributed by atoms with van der Waals surface area (Å²) in [6.07, 6.45) is 2.26. The average Bonchev–Trinajstić information content (AvgIpc) is 2.54. The molecule has 120 valence electrons. The molecule has 0 aromatic heterocycles. The average molecular weight is 307 g/mol. The lowest BCUT2D eigenvalue weighted by atomic mass is 10.0. The fourth-order valence-electron chi connectivity index (χ4n) is 2.38. The van der Waals surface area contributed by atoms with Crippen LogP contribution in [-0.4, -0.2) is 35.9 Å². The molecule has 1 amide bonds. The van der Waals surface area contributed by atoms with Crippen molar-refractivity contribution in [2.75, 3.05) is 6.61 Å². The summed E-state index contributed by atoms with van der Waals surface area (Å²) in [5, 5.41) is 11.6. The highest BCUT2D eigenvalue weighted by molar-refractivity contribution is 5.79. The van der Waals surface area contributed by atoms with Crippen molar-refractivity contribution in [2.45, 2.75) is 44.4 Å². The fraction of sp³-hybridized carbons (Fsp3) is 0.500. The third-order valence-electron chi connectivity index (χ3n) is 3.58. The van der Waals surface area contributed by atoms with E-state index >= 15 is 0 Å². The van der Waals surface area contributed by atoms with E-state index in [1.54, 1.807) is 0 Å². The maximum atomic E-state index is 11.7. The van der Waals surface area contributed by atoms with Crippen LogP contribution in [0.2, 0.25) is 0 Å². The third kappa shape index (κ3) is 5.37. The Kier molecular flexibility index (Phi) is 6.21. The molecule has 0 bridgehead atoms. The lowest BCUT2D eigenvalue weighted by molar-refractivity contribution is -0.140. The molecular weight excluding hydrogens is 286 g/mol. The Morgan fingerprint density at radius 3 is 2.73 bits per heavy atom. The number of carbonyl (C=O) groups is 2. The van der Waals surface area contributed by atoms with Gasteiger partial charge in [0.1, 0.15) is 12.6 Å². The Hall–Kier alpha value is -2.08. The topological polar surface area (TPSA) is 84.9 Å². The Bertz CT molecular complexity index is 485. The highest BCUT2D eigenvalue weighted by Crippen LogP contribution is 2.17. The smallest absolute Gasteiger partial charge is 0.408 e. The molecule has 22 heavy (non-hydrogen) atoms. The van der Waals surface area contributed by atoms with Crippen LogP contribution in [0.5, 0.6) is 0 Å². The van der Waals surface area contributed by atoms with E-state index in [1.165, 1.54) is 0 Å². The van der Waals surface area contributed by atoms with Gasteiger partial charge >= 0.3 is 12.1 Å². The number of hydrogen-bond donors (Lipinski definition) is 2. The summed E-state index contributed by atoms with van der Waals surface area (Å²) in [5.74, 6) is -1.08. The number of benzene rings is 1. The monoisotopic (exact) mass is 307 g/mol. The SMILES string of the molecule is O=C(NC(CC1CCCCO1)C(=O)O)OCc1ccccc1. The van der Waals surface area contributed by atoms with Gasteiger partial charge in [-0.1, -0.05) is 30.3 Å². The standard InChI is InChI=1S/C16H21NO5/c18-15(19)14(10-13-8-4-5-9-21-13)17-16(20)22-11-12-6-2-1-3-7-12/h1-3,6-7,13-14H,4-5,8-11H2,(H,17,20)(H,18,19). The van der Waals surface area contributed by atoms with Crippen LogP contribution < -0.4 is 5.32 Å². The lowest BCUT2D eigenvalue weighted by Crippen LogP contribution is -2.44. The molecule has 1 saturated heterocycles. The molecule has 1 heterocycles. The number of carboxylic acid groups (broad SMARTS) is 1. The van der Waals surface area contributed by atoms with E-state index in [0.29, 0.717) is 6.61 Å². The first-order valence-electron chi connectivity index (χ1n) is 7.47. The van der Waals surface area contributed by atoms with Gasteiger partial charge in [-0.3, -0.25) is 0 Å². The van der Waals surface area contributed by atoms with Crippen LogP contribution in [0.3, 0.4) is 0 Å². The van der Waals surface area contributed by atoms with E-state index in [1.807, 2.05) is 30.3 Å². The van der Waals surface area contributed by atoms with Crippen molar-refractivity contribution < 1.29 is 24.2 Å². The van der Waals surface area contributed by atoms with Gasteiger partial charge < -0.3 is 19.9 Å². The predicted molar refractivity (Wildman–Crippen MR) is 79.4 cm³/mol. The van der Waals surface area contributed by atoms with Gasteiger partial charge in [-0.05, 0) is 24.8 Å². The van der Waals surface area contributed by atoms with Gasteiger partial charge in [0, 0.05) is 13.0 Å². The molecule has 1 aliphatic heterocycles. The van der Waals surface area contributed by atoms with Crippen LogP contribution in [0.1, 0.15) is 31.2 Å². The highest BCUT2D eigenvalue weighted by Gasteiger charge is 2.26. The van der Waals surface area contributed by atoms with Gasteiger partial charge in [-0.25, -0.2) is 9.59 Å². The van der Waals surface area contributed by atoms with Crippen molar-refractivity contribution in [3.05, 3.63) is 35.9 Å². The Labute approximate surface area is 129 Å². The number of carboxylic acids is 1. The minimum absolute atomic E-state index is 0.110. The van der Waals surface area contributed by atoms with Gasteiger partial charge in [0.2, 0.25) is 0 Å². The number of ether oxygens (including phenoxy) is 2. The summed E-state index contributed by atoms with van der Waals surface area (Å²) < 4.78 is 10.6. The number of alkyl carbamates (subject to hydrolysis) is 1. The van der Waals surface area contributed by atoms with Gasteiger partial charge in [-0.2, -0.15) is 0 Å². The molecule has 0 saturated carbocycles. The molecule has 0 aliphatic carbocycles. The van der Waals surface area contributed by atoms with Crippen molar-refractivity contribution in [2.24, 2.45) is 0 Å². The van der Waals surface area contributed by atoms with Crippen LogP contribution in [0, 0.1) is 0 Å². The summed E-state index contributed by atoms with van der Waals surface area (Å²) in [5.41, 5.74) is 0.847. The fourth-order valence-corrected chi connectivity index (χ4v) is 2.38. The molecule has 1 aliphatic rings. The summed E-state index contributed by atoms with van der Waals surface area (Å²) in [7, 11) is 0. The van der Waals surface area contributed by atoms with Crippen LogP contribution in [-0.2, 0) is 20.9 Å². The zero-order valence-electron chi connectivity index (χ0n) is 12.4. The molecule has 0 radical (unpaired) electrons. The third-order valence-corrected chi connectivity index (χ3v) is 3.58. The summed E-state index contributed by atoms with van der Waals surface area (Å²) in [4.78, 5) is 23.0. The minimum atomic E-state index is -1.08.